The number of amides is 1. The molecule has 0 spiro atoms. The number of carbonyl (C=O) groups is 2. The Morgan fingerprint density at radius 1 is 1.33 bits per heavy atom. The van der Waals surface area contributed by atoms with Gasteiger partial charge in [-0.15, -0.1) is 0 Å². The van der Waals surface area contributed by atoms with E-state index in [0.29, 0.717) is 12.5 Å². The Labute approximate surface area is 124 Å². The average molecular weight is 291 g/mol. The minimum absolute atomic E-state index is 0.0546. The van der Waals surface area contributed by atoms with Gasteiger partial charge in [0.05, 0.1) is 6.61 Å². The van der Waals surface area contributed by atoms with Gasteiger partial charge in [-0.1, -0.05) is 30.3 Å². The topological polar surface area (TPSA) is 66.8 Å². The van der Waals surface area contributed by atoms with Crippen molar-refractivity contribution in [3.8, 4) is 0 Å². The molecule has 1 aliphatic carbocycles. The maximum Gasteiger partial charge on any atom is 0.326 e. The molecule has 1 aromatic rings. The van der Waals surface area contributed by atoms with E-state index in [1.54, 1.807) is 0 Å². The number of aliphatic carboxylic acids is 1. The van der Waals surface area contributed by atoms with Crippen LogP contribution >= 0.6 is 0 Å². The van der Waals surface area contributed by atoms with Crippen molar-refractivity contribution in [3.05, 3.63) is 35.9 Å². The highest BCUT2D eigenvalue weighted by Crippen LogP contribution is 2.28. The van der Waals surface area contributed by atoms with E-state index in [0.717, 1.165) is 18.4 Å². The number of ether oxygens (including phenoxy) is 1. The molecule has 1 unspecified atom stereocenters. The van der Waals surface area contributed by atoms with Crippen LogP contribution in [-0.2, 0) is 20.9 Å². The summed E-state index contributed by atoms with van der Waals surface area (Å²) in [7, 11) is 0. The number of hydrogen-bond acceptors (Lipinski definition) is 3. The molecule has 5 nitrogen and oxygen atoms in total. The summed E-state index contributed by atoms with van der Waals surface area (Å²) >= 11 is 0. The molecule has 0 saturated heterocycles. The molecule has 5 heteroatoms. The lowest BCUT2D eigenvalue weighted by atomic mass is 10.2. The molecular weight excluding hydrogens is 270 g/mol. The summed E-state index contributed by atoms with van der Waals surface area (Å²) < 4.78 is 5.38. The highest BCUT2D eigenvalue weighted by Gasteiger charge is 2.27. The van der Waals surface area contributed by atoms with Crippen LogP contribution in [0.15, 0.2) is 30.3 Å². The van der Waals surface area contributed by atoms with Gasteiger partial charge in [0, 0.05) is 6.54 Å². The lowest BCUT2D eigenvalue weighted by Gasteiger charge is -2.26. The van der Waals surface area contributed by atoms with Gasteiger partial charge in [0.25, 0.3) is 0 Å². The van der Waals surface area contributed by atoms with Crippen molar-refractivity contribution in [2.75, 3.05) is 13.2 Å². The molecule has 0 bridgehead atoms. The van der Waals surface area contributed by atoms with Crippen molar-refractivity contribution < 1.29 is 19.4 Å². The van der Waals surface area contributed by atoms with Crippen molar-refractivity contribution in [2.24, 2.45) is 5.92 Å². The summed E-state index contributed by atoms with van der Waals surface area (Å²) in [5.74, 6) is -0.715. The van der Waals surface area contributed by atoms with Crippen molar-refractivity contribution in [1.82, 2.24) is 4.90 Å². The van der Waals surface area contributed by atoms with Crippen molar-refractivity contribution >= 4 is 11.9 Å². The zero-order valence-corrected chi connectivity index (χ0v) is 12.2. The second kappa shape index (κ2) is 7.22. The molecule has 1 aliphatic rings. The molecule has 1 saturated carbocycles. The normalized spacial score (nSPS) is 15.5. The first kappa shape index (κ1) is 15.5. The van der Waals surface area contributed by atoms with Gasteiger partial charge >= 0.3 is 5.97 Å². The molecule has 1 fully saturated rings. The Morgan fingerprint density at radius 3 is 2.57 bits per heavy atom. The van der Waals surface area contributed by atoms with E-state index in [-0.39, 0.29) is 19.1 Å². The molecule has 2 rings (SSSR count). The monoisotopic (exact) mass is 291 g/mol. The van der Waals surface area contributed by atoms with Gasteiger partial charge in [-0.2, -0.15) is 0 Å². The minimum atomic E-state index is -1.01. The fraction of sp³-hybridized carbons (Fsp3) is 0.500. The third kappa shape index (κ3) is 4.86. The highest BCUT2D eigenvalue weighted by molar-refractivity contribution is 5.84. The Morgan fingerprint density at radius 2 is 2.00 bits per heavy atom. The van der Waals surface area contributed by atoms with Crippen LogP contribution in [0.3, 0.4) is 0 Å². The zero-order valence-electron chi connectivity index (χ0n) is 12.2. The number of carboxylic acid groups (broad SMARTS) is 1. The van der Waals surface area contributed by atoms with Crippen LogP contribution in [-0.4, -0.2) is 41.1 Å². The number of carbonyl (C=O) groups excluding carboxylic acids is 1. The maximum atomic E-state index is 12.2. The summed E-state index contributed by atoms with van der Waals surface area (Å²) in [6.45, 7) is 2.33. The van der Waals surface area contributed by atoms with Gasteiger partial charge in [0.2, 0.25) is 5.91 Å². The van der Waals surface area contributed by atoms with Crippen LogP contribution < -0.4 is 0 Å². The Kier molecular flexibility index (Phi) is 5.33. The van der Waals surface area contributed by atoms with Crippen LogP contribution in [0, 0.1) is 5.92 Å². The molecule has 0 heterocycles. The Bertz CT molecular complexity index is 484. The molecule has 0 aliphatic heterocycles. The summed E-state index contributed by atoms with van der Waals surface area (Å²) in [5.41, 5.74) is 0.904. The number of nitrogens with zero attached hydrogens (tertiary/aromatic N) is 1. The van der Waals surface area contributed by atoms with Crippen LogP contribution in [0.4, 0.5) is 0 Å². The third-order valence-corrected chi connectivity index (χ3v) is 3.62. The molecule has 114 valence electrons. The highest BCUT2D eigenvalue weighted by atomic mass is 16.5. The first-order valence-electron chi connectivity index (χ1n) is 7.22. The molecular formula is C16H21NO4. The summed E-state index contributed by atoms with van der Waals surface area (Å²) in [6.07, 6.45) is 2.32. The van der Waals surface area contributed by atoms with Gasteiger partial charge in [0.15, 0.2) is 0 Å². The molecule has 1 N–H and O–H groups in total. The van der Waals surface area contributed by atoms with Gasteiger partial charge in [0.1, 0.15) is 12.6 Å². The van der Waals surface area contributed by atoms with Gasteiger partial charge in [-0.25, -0.2) is 4.79 Å². The van der Waals surface area contributed by atoms with Crippen LogP contribution in [0.1, 0.15) is 25.3 Å². The average Bonchev–Trinajstić information content (AvgIpc) is 3.29. The number of benzene rings is 1. The lowest BCUT2D eigenvalue weighted by Crippen LogP contribution is -2.44. The molecule has 1 aromatic carbocycles. The first-order chi connectivity index (χ1) is 10.1. The summed E-state index contributed by atoms with van der Waals surface area (Å²) in [6, 6.07) is 8.50. The predicted molar refractivity (Wildman–Crippen MR) is 77.6 cm³/mol. The number of rotatable bonds is 8. The summed E-state index contributed by atoms with van der Waals surface area (Å²) in [4.78, 5) is 24.8. The molecule has 0 aromatic heterocycles. The van der Waals surface area contributed by atoms with E-state index < -0.39 is 12.0 Å². The SMILES string of the molecule is CC(C(=O)O)N(Cc1ccccc1)C(=O)COCC1CC1. The second-order valence-corrected chi connectivity index (χ2v) is 5.48. The van der Waals surface area contributed by atoms with Gasteiger partial charge in [-0.3, -0.25) is 4.79 Å². The number of carboxylic acids is 1. The molecule has 1 atom stereocenters. The van der Waals surface area contributed by atoms with E-state index in [2.05, 4.69) is 0 Å². The lowest BCUT2D eigenvalue weighted by molar-refractivity contribution is -0.152. The number of hydrogen-bond donors (Lipinski definition) is 1. The van der Waals surface area contributed by atoms with Crippen molar-refractivity contribution in [1.29, 1.82) is 0 Å². The van der Waals surface area contributed by atoms with Gasteiger partial charge < -0.3 is 14.7 Å². The second-order valence-electron chi connectivity index (χ2n) is 5.48. The van der Waals surface area contributed by atoms with Crippen LogP contribution in [0.5, 0.6) is 0 Å². The van der Waals surface area contributed by atoms with E-state index in [1.165, 1.54) is 11.8 Å². The summed E-state index contributed by atoms with van der Waals surface area (Å²) in [5, 5.41) is 9.17. The Hall–Kier alpha value is -1.88. The fourth-order valence-electron chi connectivity index (χ4n) is 2.03. The third-order valence-electron chi connectivity index (χ3n) is 3.62. The predicted octanol–water partition coefficient (Wildman–Crippen LogP) is 1.91. The molecule has 21 heavy (non-hydrogen) atoms. The smallest absolute Gasteiger partial charge is 0.326 e. The van der Waals surface area contributed by atoms with Gasteiger partial charge in [-0.05, 0) is 31.2 Å². The quantitative estimate of drug-likeness (QED) is 0.794. The van der Waals surface area contributed by atoms with Crippen molar-refractivity contribution in [2.45, 2.75) is 32.4 Å². The molecule has 0 radical (unpaired) electrons. The minimum Gasteiger partial charge on any atom is -0.480 e. The Balaban J connectivity index is 1.96. The first-order valence-corrected chi connectivity index (χ1v) is 7.22. The van der Waals surface area contributed by atoms with E-state index in [1.807, 2.05) is 30.3 Å². The molecule has 1 amide bonds. The standard InChI is InChI=1S/C16H21NO4/c1-12(16(19)20)17(9-13-5-3-2-4-6-13)15(18)11-21-10-14-7-8-14/h2-6,12,14H,7-11H2,1H3,(H,19,20). The van der Waals surface area contributed by atoms with Crippen LogP contribution in [0.25, 0.3) is 0 Å². The largest absolute Gasteiger partial charge is 0.480 e. The van der Waals surface area contributed by atoms with E-state index >= 15 is 0 Å². The van der Waals surface area contributed by atoms with Crippen LogP contribution in [0.2, 0.25) is 0 Å². The maximum absolute atomic E-state index is 12.2. The zero-order chi connectivity index (χ0) is 15.2. The van der Waals surface area contributed by atoms with Crippen molar-refractivity contribution in [3.63, 3.8) is 0 Å². The van der Waals surface area contributed by atoms with E-state index in [4.69, 9.17) is 9.84 Å². The van der Waals surface area contributed by atoms with E-state index in [9.17, 15) is 9.59 Å². The fourth-order valence-corrected chi connectivity index (χ4v) is 2.03.